The van der Waals surface area contributed by atoms with Crippen LogP contribution in [-0.2, 0) is 0 Å². The van der Waals surface area contributed by atoms with Gasteiger partial charge in [0.25, 0.3) is 0 Å². The normalized spacial score (nSPS) is 10.9. The molecule has 4 heterocycles. The van der Waals surface area contributed by atoms with Gasteiger partial charge in [-0.1, -0.05) is 0 Å². The van der Waals surface area contributed by atoms with Gasteiger partial charge in [0.05, 0.1) is 30.4 Å². The summed E-state index contributed by atoms with van der Waals surface area (Å²) in [6, 6.07) is 1.57. The second kappa shape index (κ2) is 8.28. The number of thiazole rings is 1. The van der Waals surface area contributed by atoms with E-state index in [1.807, 2.05) is 10.8 Å². The number of rotatable bonds is 8. The number of hydrogen-bond acceptors (Lipinski definition) is 9. The fourth-order valence-electron chi connectivity index (χ4n) is 2.52. The zero-order chi connectivity index (χ0) is 19.3. The molecule has 0 aliphatic carbocycles. The second-order valence-corrected chi connectivity index (χ2v) is 7.42. The van der Waals surface area contributed by atoms with Gasteiger partial charge in [-0.05, 0) is 6.07 Å². The van der Waals surface area contributed by atoms with Crippen LogP contribution >= 0.6 is 22.7 Å². The zero-order valence-corrected chi connectivity index (χ0v) is 16.2. The van der Waals surface area contributed by atoms with Crippen LogP contribution in [0.25, 0.3) is 20.8 Å². The molecule has 0 aliphatic heterocycles. The van der Waals surface area contributed by atoms with Gasteiger partial charge in [-0.3, -0.25) is 9.78 Å². The molecule has 0 unspecified atom stereocenters. The molecule has 0 fully saturated rings. The highest BCUT2D eigenvalue weighted by Crippen LogP contribution is 2.38. The smallest absolute Gasteiger partial charge is 0.250 e. The first kappa shape index (κ1) is 18.3. The molecule has 142 valence electrons. The van der Waals surface area contributed by atoms with Gasteiger partial charge in [0.15, 0.2) is 0 Å². The largest absolute Gasteiger partial charge is 0.492 e. The highest BCUT2D eigenvalue weighted by molar-refractivity contribution is 7.18. The Morgan fingerprint density at radius 1 is 1.11 bits per heavy atom. The van der Waals surface area contributed by atoms with Crippen LogP contribution in [0.3, 0.4) is 0 Å². The van der Waals surface area contributed by atoms with Crippen LogP contribution in [0.15, 0.2) is 41.7 Å². The molecule has 0 bridgehead atoms. The first-order chi connectivity index (χ1) is 13.7. The number of nitrogens with zero attached hydrogens (tertiary/aromatic N) is 4. The van der Waals surface area contributed by atoms with Gasteiger partial charge < -0.3 is 15.2 Å². The van der Waals surface area contributed by atoms with Crippen molar-refractivity contribution in [3.05, 3.63) is 47.3 Å². The monoisotopic (exact) mass is 413 g/mol. The fraction of sp³-hybridized carbons (Fsp3) is 0.167. The van der Waals surface area contributed by atoms with Crippen LogP contribution in [0.1, 0.15) is 16.8 Å². The maximum Gasteiger partial charge on any atom is 0.250 e. The molecule has 0 saturated carbocycles. The Labute approximate surface area is 168 Å². The molecule has 4 aromatic rings. The molecule has 4 aromatic heterocycles. The van der Waals surface area contributed by atoms with Crippen LogP contribution in [0.5, 0.6) is 11.6 Å². The third-order valence-corrected chi connectivity index (χ3v) is 5.48. The molecule has 0 spiro atoms. The summed E-state index contributed by atoms with van der Waals surface area (Å²) in [5.74, 6) is 0.485. The number of carbonyl (C=O) groups excluding carboxylic acids is 1. The summed E-state index contributed by atoms with van der Waals surface area (Å²) in [5.41, 5.74) is 6.53. The Bertz CT molecular complexity index is 1100. The molecule has 2 N–H and O–H groups in total. The Morgan fingerprint density at radius 2 is 2.00 bits per heavy atom. The molecule has 0 atom stereocenters. The number of thiophene rings is 1. The lowest BCUT2D eigenvalue weighted by Crippen LogP contribution is -2.12. The molecular weight excluding hydrogens is 398 g/mol. The Balaban J connectivity index is 1.38. The second-order valence-electron chi connectivity index (χ2n) is 5.67. The van der Waals surface area contributed by atoms with Gasteiger partial charge >= 0.3 is 0 Å². The Morgan fingerprint density at radius 3 is 2.82 bits per heavy atom. The van der Waals surface area contributed by atoms with E-state index in [0.717, 1.165) is 20.8 Å². The van der Waals surface area contributed by atoms with E-state index < -0.39 is 5.91 Å². The van der Waals surface area contributed by atoms with Crippen molar-refractivity contribution in [3.8, 4) is 22.2 Å². The molecule has 10 heteroatoms. The van der Waals surface area contributed by atoms with Crippen LogP contribution in [0.4, 0.5) is 0 Å². The van der Waals surface area contributed by atoms with E-state index in [0.29, 0.717) is 36.8 Å². The highest BCUT2D eigenvalue weighted by atomic mass is 32.1. The molecule has 8 nitrogen and oxygen atoms in total. The van der Waals surface area contributed by atoms with E-state index in [1.54, 1.807) is 23.6 Å². The van der Waals surface area contributed by atoms with Crippen LogP contribution in [-0.4, -0.2) is 39.1 Å². The molecule has 0 aromatic carbocycles. The number of pyridine rings is 1. The minimum absolute atomic E-state index is 0.310. The standard InChI is InChI=1S/C18H15N5O3S2/c19-15(24)11-6-12(8-20-7-11)25-3-1-4-26-16-14-13(17-21-2-5-27-17)9-28-18(14)23-10-22-16/h2,5-10H,1,3-4H2,(H2,19,24). The summed E-state index contributed by atoms with van der Waals surface area (Å²) in [4.78, 5) is 28.9. The van der Waals surface area contributed by atoms with E-state index in [1.165, 1.54) is 30.1 Å². The molecule has 1 amide bonds. The number of primary amides is 1. The van der Waals surface area contributed by atoms with Crippen LogP contribution in [0, 0.1) is 0 Å². The van der Waals surface area contributed by atoms with Crippen LogP contribution < -0.4 is 15.2 Å². The van der Waals surface area contributed by atoms with E-state index in [-0.39, 0.29) is 0 Å². The van der Waals surface area contributed by atoms with Crippen molar-refractivity contribution in [1.29, 1.82) is 0 Å². The Kier molecular flexibility index (Phi) is 5.40. The maximum absolute atomic E-state index is 11.2. The zero-order valence-electron chi connectivity index (χ0n) is 14.6. The summed E-state index contributed by atoms with van der Waals surface area (Å²) >= 11 is 3.10. The van der Waals surface area contributed by atoms with Gasteiger partial charge in [-0.15, -0.1) is 22.7 Å². The van der Waals surface area contributed by atoms with Gasteiger partial charge in [-0.25, -0.2) is 15.0 Å². The van der Waals surface area contributed by atoms with E-state index in [2.05, 4.69) is 19.9 Å². The molecule has 4 rings (SSSR count). The van der Waals surface area contributed by atoms with Gasteiger partial charge in [0.2, 0.25) is 11.8 Å². The average molecular weight is 413 g/mol. The Hall–Kier alpha value is -3.11. The summed E-state index contributed by atoms with van der Waals surface area (Å²) < 4.78 is 11.5. The van der Waals surface area contributed by atoms with Crippen molar-refractivity contribution in [1.82, 2.24) is 19.9 Å². The number of ether oxygens (including phenoxy) is 2. The predicted octanol–water partition coefficient (Wildman–Crippen LogP) is 3.16. The first-order valence-electron chi connectivity index (χ1n) is 8.35. The van der Waals surface area contributed by atoms with Gasteiger partial charge in [0, 0.05) is 35.1 Å². The molecule has 0 radical (unpaired) electrons. The average Bonchev–Trinajstić information content (AvgIpc) is 3.37. The quantitative estimate of drug-likeness (QED) is 0.441. The minimum Gasteiger partial charge on any atom is -0.492 e. The topological polar surface area (TPSA) is 113 Å². The molecule has 0 saturated heterocycles. The number of aromatic nitrogens is 4. The van der Waals surface area contributed by atoms with Crippen molar-refractivity contribution >= 4 is 38.8 Å². The number of nitrogens with two attached hydrogens (primary N) is 1. The molecule has 0 aliphatic rings. The fourth-order valence-corrected chi connectivity index (χ4v) is 4.14. The number of carbonyl (C=O) groups is 1. The first-order valence-corrected chi connectivity index (χ1v) is 10.1. The van der Waals surface area contributed by atoms with Gasteiger partial charge in [0.1, 0.15) is 21.9 Å². The molecular formula is C18H15N5O3S2. The lowest BCUT2D eigenvalue weighted by atomic mass is 10.2. The molecule has 28 heavy (non-hydrogen) atoms. The van der Waals surface area contributed by atoms with Crippen molar-refractivity contribution in [2.24, 2.45) is 5.73 Å². The number of fused-ring (bicyclic) bond motifs is 1. The van der Waals surface area contributed by atoms with Crippen molar-refractivity contribution in [2.75, 3.05) is 13.2 Å². The van der Waals surface area contributed by atoms with Crippen molar-refractivity contribution < 1.29 is 14.3 Å². The summed E-state index contributed by atoms with van der Waals surface area (Å²) in [6.45, 7) is 0.823. The van der Waals surface area contributed by atoms with Gasteiger partial charge in [-0.2, -0.15) is 0 Å². The number of amides is 1. The summed E-state index contributed by atoms with van der Waals surface area (Å²) in [6.07, 6.45) is 6.83. The van der Waals surface area contributed by atoms with E-state index in [9.17, 15) is 4.79 Å². The minimum atomic E-state index is -0.541. The van der Waals surface area contributed by atoms with E-state index >= 15 is 0 Å². The third kappa shape index (κ3) is 3.92. The number of hydrogen-bond donors (Lipinski definition) is 1. The van der Waals surface area contributed by atoms with Crippen molar-refractivity contribution in [3.63, 3.8) is 0 Å². The predicted molar refractivity (Wildman–Crippen MR) is 107 cm³/mol. The third-order valence-electron chi connectivity index (χ3n) is 3.79. The maximum atomic E-state index is 11.2. The van der Waals surface area contributed by atoms with E-state index in [4.69, 9.17) is 15.2 Å². The lowest BCUT2D eigenvalue weighted by molar-refractivity contribution is 0.0999. The summed E-state index contributed by atoms with van der Waals surface area (Å²) in [5, 5.41) is 5.74. The van der Waals surface area contributed by atoms with Crippen LogP contribution in [0.2, 0.25) is 0 Å². The highest BCUT2D eigenvalue weighted by Gasteiger charge is 2.15. The van der Waals surface area contributed by atoms with Crippen molar-refractivity contribution in [2.45, 2.75) is 6.42 Å². The SMILES string of the molecule is NC(=O)c1cncc(OCCCOc2ncnc3scc(-c4nccs4)c23)c1. The lowest BCUT2D eigenvalue weighted by Gasteiger charge is -2.09. The summed E-state index contributed by atoms with van der Waals surface area (Å²) in [7, 11) is 0.